The van der Waals surface area contributed by atoms with Gasteiger partial charge in [-0.15, -0.1) is 0 Å². The number of benzene rings is 1. The van der Waals surface area contributed by atoms with E-state index in [-0.39, 0.29) is 0 Å². The highest BCUT2D eigenvalue weighted by Crippen LogP contribution is 2.42. The van der Waals surface area contributed by atoms with Crippen molar-refractivity contribution in [1.82, 2.24) is 5.32 Å². The average Bonchev–Trinajstić information content (AvgIpc) is 2.46. The van der Waals surface area contributed by atoms with Crippen LogP contribution in [0.15, 0.2) is 30.3 Å². The molecule has 1 aromatic rings. The van der Waals surface area contributed by atoms with Gasteiger partial charge in [-0.2, -0.15) is 0 Å². The third kappa shape index (κ3) is 3.85. The Morgan fingerprint density at radius 1 is 1.15 bits per heavy atom. The normalized spacial score (nSPS) is 27.5. The quantitative estimate of drug-likeness (QED) is 0.822. The van der Waals surface area contributed by atoms with Gasteiger partial charge >= 0.3 is 0 Å². The lowest BCUT2D eigenvalue weighted by molar-refractivity contribution is 0.0907. The molecule has 0 radical (unpaired) electrons. The smallest absolute Gasteiger partial charge is 0.00999 e. The molecule has 1 heteroatoms. The van der Waals surface area contributed by atoms with Gasteiger partial charge in [-0.1, -0.05) is 57.5 Å². The lowest BCUT2D eigenvalue weighted by atomic mass is 9.64. The second kappa shape index (κ2) is 6.76. The van der Waals surface area contributed by atoms with Gasteiger partial charge in [-0.25, -0.2) is 0 Å². The molecule has 1 N–H and O–H groups in total. The SMILES string of the molecule is CNC1CC(C)CCC1C(C)(C)CCc1ccccc1. The highest BCUT2D eigenvalue weighted by molar-refractivity contribution is 5.15. The van der Waals surface area contributed by atoms with Gasteiger partial charge in [0.25, 0.3) is 0 Å². The number of hydrogen-bond acceptors (Lipinski definition) is 1. The van der Waals surface area contributed by atoms with Crippen molar-refractivity contribution in [1.29, 1.82) is 0 Å². The second-order valence-corrected chi connectivity index (χ2v) is 7.39. The maximum atomic E-state index is 3.59. The molecule has 0 spiro atoms. The van der Waals surface area contributed by atoms with E-state index in [1.54, 1.807) is 0 Å². The molecule has 112 valence electrons. The Labute approximate surface area is 125 Å². The molecule has 2 rings (SSSR count). The summed E-state index contributed by atoms with van der Waals surface area (Å²) >= 11 is 0. The lowest BCUT2D eigenvalue weighted by Gasteiger charge is -2.44. The van der Waals surface area contributed by atoms with E-state index in [4.69, 9.17) is 0 Å². The zero-order chi connectivity index (χ0) is 14.6. The van der Waals surface area contributed by atoms with Crippen LogP contribution in [0.1, 0.15) is 52.0 Å². The molecular formula is C19H31N. The van der Waals surface area contributed by atoms with E-state index in [1.807, 2.05) is 0 Å². The predicted molar refractivity (Wildman–Crippen MR) is 87.9 cm³/mol. The van der Waals surface area contributed by atoms with Crippen LogP contribution in [0, 0.1) is 17.3 Å². The minimum Gasteiger partial charge on any atom is -0.317 e. The summed E-state index contributed by atoms with van der Waals surface area (Å²) in [5.74, 6) is 1.70. The summed E-state index contributed by atoms with van der Waals surface area (Å²) in [4.78, 5) is 0. The summed E-state index contributed by atoms with van der Waals surface area (Å²) in [5.41, 5.74) is 1.90. The first-order valence-corrected chi connectivity index (χ1v) is 8.24. The van der Waals surface area contributed by atoms with Crippen LogP contribution in [0.3, 0.4) is 0 Å². The third-order valence-electron chi connectivity index (χ3n) is 5.39. The van der Waals surface area contributed by atoms with Crippen molar-refractivity contribution in [2.75, 3.05) is 7.05 Å². The van der Waals surface area contributed by atoms with Crippen LogP contribution in [0.25, 0.3) is 0 Å². The zero-order valence-corrected chi connectivity index (χ0v) is 13.7. The fraction of sp³-hybridized carbons (Fsp3) is 0.684. The Morgan fingerprint density at radius 2 is 1.85 bits per heavy atom. The molecule has 1 aliphatic rings. The first-order chi connectivity index (χ1) is 9.53. The Balaban J connectivity index is 1.98. The van der Waals surface area contributed by atoms with Gasteiger partial charge in [-0.05, 0) is 55.5 Å². The first-order valence-electron chi connectivity index (χ1n) is 8.24. The first kappa shape index (κ1) is 15.6. The molecule has 3 atom stereocenters. The van der Waals surface area contributed by atoms with Gasteiger partial charge in [0.15, 0.2) is 0 Å². The van der Waals surface area contributed by atoms with Gasteiger partial charge in [0, 0.05) is 6.04 Å². The molecule has 0 aromatic heterocycles. The van der Waals surface area contributed by atoms with Crippen molar-refractivity contribution in [3.63, 3.8) is 0 Å². The molecule has 0 heterocycles. The number of rotatable bonds is 5. The summed E-state index contributed by atoms with van der Waals surface area (Å²) in [6, 6.07) is 11.6. The van der Waals surface area contributed by atoms with Crippen LogP contribution in [-0.4, -0.2) is 13.1 Å². The molecule has 1 nitrogen and oxygen atoms in total. The molecule has 1 aliphatic carbocycles. The average molecular weight is 273 g/mol. The summed E-state index contributed by atoms with van der Waals surface area (Å²) < 4.78 is 0. The number of nitrogens with one attached hydrogen (secondary N) is 1. The highest BCUT2D eigenvalue weighted by atomic mass is 14.9. The molecule has 0 amide bonds. The van der Waals surface area contributed by atoms with Crippen molar-refractivity contribution < 1.29 is 0 Å². The van der Waals surface area contributed by atoms with Crippen LogP contribution < -0.4 is 5.32 Å². The van der Waals surface area contributed by atoms with Crippen LogP contribution in [0.5, 0.6) is 0 Å². The minimum absolute atomic E-state index is 0.420. The molecule has 3 unspecified atom stereocenters. The van der Waals surface area contributed by atoms with E-state index >= 15 is 0 Å². The molecule has 20 heavy (non-hydrogen) atoms. The maximum absolute atomic E-state index is 3.59. The van der Waals surface area contributed by atoms with E-state index in [0.717, 1.165) is 11.8 Å². The molecule has 0 bridgehead atoms. The van der Waals surface area contributed by atoms with Gasteiger partial charge < -0.3 is 5.32 Å². The van der Waals surface area contributed by atoms with E-state index in [0.29, 0.717) is 11.5 Å². The Bertz CT molecular complexity index is 395. The van der Waals surface area contributed by atoms with Crippen molar-refractivity contribution >= 4 is 0 Å². The minimum atomic E-state index is 0.420. The number of aryl methyl sites for hydroxylation is 1. The van der Waals surface area contributed by atoms with E-state index in [2.05, 4.69) is 63.5 Å². The van der Waals surface area contributed by atoms with E-state index in [1.165, 1.54) is 37.7 Å². The van der Waals surface area contributed by atoms with Crippen LogP contribution in [0.4, 0.5) is 0 Å². The topological polar surface area (TPSA) is 12.0 Å². The van der Waals surface area contributed by atoms with Gasteiger partial charge in [-0.3, -0.25) is 0 Å². The molecule has 1 aromatic carbocycles. The fourth-order valence-electron chi connectivity index (χ4n) is 3.93. The molecular weight excluding hydrogens is 242 g/mol. The van der Waals surface area contributed by atoms with Crippen molar-refractivity contribution in [3.8, 4) is 0 Å². The summed E-state index contributed by atoms with van der Waals surface area (Å²) in [6.07, 6.45) is 6.62. The van der Waals surface area contributed by atoms with Crippen molar-refractivity contribution in [2.24, 2.45) is 17.3 Å². The Morgan fingerprint density at radius 3 is 2.50 bits per heavy atom. The lowest BCUT2D eigenvalue weighted by Crippen LogP contribution is -2.45. The largest absolute Gasteiger partial charge is 0.317 e. The number of hydrogen-bond donors (Lipinski definition) is 1. The summed E-state index contributed by atoms with van der Waals surface area (Å²) in [6.45, 7) is 7.35. The fourth-order valence-corrected chi connectivity index (χ4v) is 3.93. The predicted octanol–water partition coefficient (Wildman–Crippen LogP) is 4.67. The molecule has 1 fully saturated rings. The standard InChI is InChI=1S/C19H31N/c1-15-10-11-17(18(14-15)20-4)19(2,3)13-12-16-8-6-5-7-9-16/h5-9,15,17-18,20H,10-14H2,1-4H3. The molecule has 1 saturated carbocycles. The van der Waals surface area contributed by atoms with Gasteiger partial charge in [0.1, 0.15) is 0 Å². The second-order valence-electron chi connectivity index (χ2n) is 7.39. The Hall–Kier alpha value is -0.820. The van der Waals surface area contributed by atoms with Crippen molar-refractivity contribution in [2.45, 2.75) is 58.9 Å². The van der Waals surface area contributed by atoms with Crippen LogP contribution in [-0.2, 0) is 6.42 Å². The van der Waals surface area contributed by atoms with E-state index < -0.39 is 0 Å². The van der Waals surface area contributed by atoms with Gasteiger partial charge in [0.2, 0.25) is 0 Å². The van der Waals surface area contributed by atoms with Crippen molar-refractivity contribution in [3.05, 3.63) is 35.9 Å². The highest BCUT2D eigenvalue weighted by Gasteiger charge is 2.37. The molecule has 0 saturated heterocycles. The van der Waals surface area contributed by atoms with E-state index in [9.17, 15) is 0 Å². The monoisotopic (exact) mass is 273 g/mol. The zero-order valence-electron chi connectivity index (χ0n) is 13.7. The maximum Gasteiger partial charge on any atom is 0.00999 e. The summed E-state index contributed by atoms with van der Waals surface area (Å²) in [7, 11) is 2.14. The van der Waals surface area contributed by atoms with Crippen LogP contribution >= 0.6 is 0 Å². The summed E-state index contributed by atoms with van der Waals surface area (Å²) in [5, 5.41) is 3.59. The van der Waals surface area contributed by atoms with Crippen LogP contribution in [0.2, 0.25) is 0 Å². The Kier molecular flexibility index (Phi) is 5.26. The molecule has 0 aliphatic heterocycles. The van der Waals surface area contributed by atoms with Gasteiger partial charge in [0.05, 0.1) is 0 Å². The third-order valence-corrected chi connectivity index (χ3v) is 5.39.